The van der Waals surface area contributed by atoms with E-state index in [9.17, 15) is 0 Å². The van der Waals surface area contributed by atoms with Crippen LogP contribution in [0.15, 0.2) is 67.0 Å². The molecule has 4 rings (SSSR count). The van der Waals surface area contributed by atoms with Crippen LogP contribution in [-0.2, 0) is 6.54 Å². The van der Waals surface area contributed by atoms with E-state index in [2.05, 4.69) is 50.6 Å². The van der Waals surface area contributed by atoms with Crippen molar-refractivity contribution in [1.82, 2.24) is 19.9 Å². The molecule has 0 bridgehead atoms. The van der Waals surface area contributed by atoms with Gasteiger partial charge in [0, 0.05) is 46.1 Å². The van der Waals surface area contributed by atoms with Crippen molar-refractivity contribution < 1.29 is 0 Å². The molecule has 0 atom stereocenters. The van der Waals surface area contributed by atoms with Crippen LogP contribution in [0.3, 0.4) is 0 Å². The fraction of sp³-hybridized carbons (Fsp3) is 0.182. The summed E-state index contributed by atoms with van der Waals surface area (Å²) in [4.78, 5) is 9.07. The van der Waals surface area contributed by atoms with Gasteiger partial charge in [0.1, 0.15) is 0 Å². The zero-order chi connectivity index (χ0) is 19.3. The van der Waals surface area contributed by atoms with E-state index < -0.39 is 0 Å². The molecule has 4 aromatic rings. The smallest absolute Gasteiger partial charge is 0.227 e. The molecule has 2 aromatic heterocycles. The highest BCUT2D eigenvalue weighted by Gasteiger charge is 2.10. The maximum atomic E-state index is 6.06. The molecule has 2 aromatic carbocycles. The highest BCUT2D eigenvalue weighted by molar-refractivity contribution is 6.30. The van der Waals surface area contributed by atoms with E-state index in [1.807, 2.05) is 37.4 Å². The van der Waals surface area contributed by atoms with Crippen LogP contribution in [0.1, 0.15) is 6.42 Å². The number of halogens is 1. The largest absolute Gasteiger partial charge is 0.347 e. The van der Waals surface area contributed by atoms with Gasteiger partial charge in [0.15, 0.2) is 0 Å². The molecule has 0 saturated carbocycles. The molecular formula is C22H22ClN5. The normalized spacial score (nSPS) is 11.1. The lowest BCUT2D eigenvalue weighted by Gasteiger charge is -2.09. The Kier molecular flexibility index (Phi) is 5.55. The minimum Gasteiger partial charge on any atom is -0.347 e. The molecule has 0 unspecified atom stereocenters. The number of nitrogens with one attached hydrogen (secondary N) is 2. The summed E-state index contributed by atoms with van der Waals surface area (Å²) < 4.78 is 2.29. The van der Waals surface area contributed by atoms with Crippen LogP contribution in [0.2, 0.25) is 5.02 Å². The molecule has 2 N–H and O–H groups in total. The van der Waals surface area contributed by atoms with Gasteiger partial charge in [-0.1, -0.05) is 29.8 Å². The van der Waals surface area contributed by atoms with Crippen LogP contribution in [0.5, 0.6) is 0 Å². The van der Waals surface area contributed by atoms with E-state index in [0.29, 0.717) is 11.0 Å². The third-order valence-electron chi connectivity index (χ3n) is 4.65. The Hall–Kier alpha value is -2.89. The van der Waals surface area contributed by atoms with E-state index in [-0.39, 0.29) is 0 Å². The molecule has 0 fully saturated rings. The van der Waals surface area contributed by atoms with Crippen molar-refractivity contribution in [2.45, 2.75) is 13.0 Å². The Labute approximate surface area is 169 Å². The Morgan fingerprint density at radius 2 is 1.96 bits per heavy atom. The van der Waals surface area contributed by atoms with Crippen LogP contribution >= 0.6 is 11.6 Å². The molecule has 6 heteroatoms. The van der Waals surface area contributed by atoms with Crippen molar-refractivity contribution in [2.24, 2.45) is 0 Å². The zero-order valence-corrected chi connectivity index (χ0v) is 16.4. The number of nitrogens with zero attached hydrogens (tertiary/aromatic N) is 3. The molecule has 0 aliphatic carbocycles. The predicted octanol–water partition coefficient (Wildman–Crippen LogP) is 5.10. The maximum Gasteiger partial charge on any atom is 0.227 e. The molecule has 28 heavy (non-hydrogen) atoms. The van der Waals surface area contributed by atoms with Crippen LogP contribution in [0, 0.1) is 0 Å². The lowest BCUT2D eigenvalue weighted by Crippen LogP contribution is -2.10. The predicted molar refractivity (Wildman–Crippen MR) is 116 cm³/mol. The highest BCUT2D eigenvalue weighted by Crippen LogP contribution is 2.29. The number of benzene rings is 2. The van der Waals surface area contributed by atoms with Crippen LogP contribution in [0.4, 0.5) is 11.6 Å². The van der Waals surface area contributed by atoms with Gasteiger partial charge in [-0.3, -0.25) is 0 Å². The van der Waals surface area contributed by atoms with Gasteiger partial charge in [-0.2, -0.15) is 0 Å². The van der Waals surface area contributed by atoms with Crippen molar-refractivity contribution in [1.29, 1.82) is 0 Å². The number of aromatic nitrogens is 3. The summed E-state index contributed by atoms with van der Waals surface area (Å²) in [6.07, 6.45) is 5.01. The van der Waals surface area contributed by atoms with Crippen molar-refractivity contribution in [3.05, 3.63) is 72.0 Å². The standard InChI is InChI=1S/C22H22ClN5/c1-24-11-4-13-28-14-10-19-18(7-3-8-21(19)28)20-9-12-25-22(27-20)26-17-6-2-5-16(23)15-17/h2-3,5-10,12,14-15,24H,4,11,13H2,1H3,(H,25,26,27). The topological polar surface area (TPSA) is 54.8 Å². The summed E-state index contributed by atoms with van der Waals surface area (Å²) in [6.45, 7) is 1.99. The van der Waals surface area contributed by atoms with E-state index in [1.54, 1.807) is 6.20 Å². The number of fused-ring (bicyclic) bond motifs is 1. The number of hydrogen-bond donors (Lipinski definition) is 2. The number of aryl methyl sites for hydroxylation is 1. The first-order valence-electron chi connectivity index (χ1n) is 9.33. The molecule has 0 radical (unpaired) electrons. The molecular weight excluding hydrogens is 370 g/mol. The lowest BCUT2D eigenvalue weighted by molar-refractivity contribution is 0.627. The summed E-state index contributed by atoms with van der Waals surface area (Å²) >= 11 is 6.06. The quantitative estimate of drug-likeness (QED) is 0.430. The van der Waals surface area contributed by atoms with Gasteiger partial charge in [0.2, 0.25) is 5.95 Å². The minimum atomic E-state index is 0.547. The van der Waals surface area contributed by atoms with Crippen LogP contribution in [0.25, 0.3) is 22.2 Å². The average Bonchev–Trinajstić information content (AvgIpc) is 3.12. The first-order chi connectivity index (χ1) is 13.7. The van der Waals surface area contributed by atoms with Crippen LogP contribution in [-0.4, -0.2) is 28.1 Å². The Bertz CT molecular complexity index is 1090. The van der Waals surface area contributed by atoms with Gasteiger partial charge in [-0.05, 0) is 56.4 Å². The molecule has 142 valence electrons. The lowest BCUT2D eigenvalue weighted by atomic mass is 10.1. The van der Waals surface area contributed by atoms with Crippen molar-refractivity contribution in [3.8, 4) is 11.3 Å². The summed E-state index contributed by atoms with van der Waals surface area (Å²) in [7, 11) is 1.98. The number of rotatable bonds is 7. The van der Waals surface area contributed by atoms with Gasteiger partial charge >= 0.3 is 0 Å². The summed E-state index contributed by atoms with van der Waals surface area (Å²) in [5.41, 5.74) is 4.06. The van der Waals surface area contributed by atoms with Crippen molar-refractivity contribution in [2.75, 3.05) is 18.9 Å². The number of hydrogen-bond acceptors (Lipinski definition) is 4. The third kappa shape index (κ3) is 4.01. The fourth-order valence-electron chi connectivity index (χ4n) is 3.33. The molecule has 2 heterocycles. The second-order valence-electron chi connectivity index (χ2n) is 6.61. The molecule has 5 nitrogen and oxygen atoms in total. The van der Waals surface area contributed by atoms with Gasteiger partial charge in [0.05, 0.1) is 5.69 Å². The van der Waals surface area contributed by atoms with E-state index >= 15 is 0 Å². The summed E-state index contributed by atoms with van der Waals surface area (Å²) in [5.74, 6) is 0.547. The fourth-order valence-corrected chi connectivity index (χ4v) is 3.52. The van der Waals surface area contributed by atoms with Gasteiger partial charge < -0.3 is 15.2 Å². The summed E-state index contributed by atoms with van der Waals surface area (Å²) in [6, 6.07) is 18.0. The van der Waals surface area contributed by atoms with Gasteiger partial charge in [0.25, 0.3) is 0 Å². The molecule has 0 aliphatic heterocycles. The van der Waals surface area contributed by atoms with Crippen molar-refractivity contribution >= 4 is 34.1 Å². The minimum absolute atomic E-state index is 0.547. The second kappa shape index (κ2) is 8.42. The molecule has 0 saturated heterocycles. The van der Waals surface area contributed by atoms with Crippen molar-refractivity contribution in [3.63, 3.8) is 0 Å². The molecule has 0 amide bonds. The van der Waals surface area contributed by atoms with Crippen LogP contribution < -0.4 is 10.6 Å². The molecule has 0 aliphatic rings. The Morgan fingerprint density at radius 3 is 2.82 bits per heavy atom. The second-order valence-corrected chi connectivity index (χ2v) is 7.04. The average molecular weight is 392 g/mol. The van der Waals surface area contributed by atoms with Gasteiger partial charge in [-0.25, -0.2) is 9.97 Å². The SMILES string of the molecule is CNCCCn1ccc2c(-c3ccnc(Nc4cccc(Cl)c4)n3)cccc21. The zero-order valence-electron chi connectivity index (χ0n) is 15.7. The first kappa shape index (κ1) is 18.5. The van der Waals surface area contributed by atoms with E-state index in [0.717, 1.165) is 36.5 Å². The number of anilines is 2. The Balaban J connectivity index is 1.65. The highest BCUT2D eigenvalue weighted by atomic mass is 35.5. The Morgan fingerprint density at radius 1 is 1.07 bits per heavy atom. The monoisotopic (exact) mass is 391 g/mol. The first-order valence-corrected chi connectivity index (χ1v) is 9.71. The maximum absolute atomic E-state index is 6.06. The van der Waals surface area contributed by atoms with E-state index in [1.165, 1.54) is 10.9 Å². The van der Waals surface area contributed by atoms with E-state index in [4.69, 9.17) is 16.6 Å². The third-order valence-corrected chi connectivity index (χ3v) is 4.89. The molecule has 0 spiro atoms. The summed E-state index contributed by atoms with van der Waals surface area (Å²) in [5, 5.41) is 8.29. The van der Waals surface area contributed by atoms with Gasteiger partial charge in [-0.15, -0.1) is 0 Å².